The van der Waals surface area contributed by atoms with Crippen LogP contribution in [0.5, 0.6) is 0 Å². The second-order valence-electron chi connectivity index (χ2n) is 4.78. The van der Waals surface area contributed by atoms with Gasteiger partial charge in [-0.2, -0.15) is 0 Å². The zero-order chi connectivity index (χ0) is 11.2. The predicted octanol–water partition coefficient (Wildman–Crippen LogP) is 2.66. The van der Waals surface area contributed by atoms with Crippen molar-refractivity contribution in [3.63, 3.8) is 0 Å². The quantitative estimate of drug-likeness (QED) is 0.799. The van der Waals surface area contributed by atoms with E-state index in [9.17, 15) is 8.78 Å². The third-order valence-electron chi connectivity index (χ3n) is 3.62. The summed E-state index contributed by atoms with van der Waals surface area (Å²) in [5.41, 5.74) is 5.71. The lowest BCUT2D eigenvalue weighted by Gasteiger charge is -2.05. The van der Waals surface area contributed by atoms with Gasteiger partial charge in [-0.25, -0.2) is 8.78 Å². The van der Waals surface area contributed by atoms with Crippen LogP contribution in [0.25, 0.3) is 0 Å². The van der Waals surface area contributed by atoms with E-state index in [4.69, 9.17) is 5.73 Å². The van der Waals surface area contributed by atoms with E-state index in [1.807, 2.05) is 13.8 Å². The van der Waals surface area contributed by atoms with Crippen LogP contribution in [0.1, 0.15) is 25.3 Å². The zero-order valence-electron chi connectivity index (χ0n) is 8.93. The molecule has 0 amide bonds. The van der Waals surface area contributed by atoms with Crippen molar-refractivity contribution in [1.29, 1.82) is 0 Å². The van der Waals surface area contributed by atoms with Crippen LogP contribution in [0.15, 0.2) is 18.2 Å². The summed E-state index contributed by atoms with van der Waals surface area (Å²) in [6.07, 6.45) is 0. The van der Waals surface area contributed by atoms with Crippen molar-refractivity contribution in [3.8, 4) is 0 Å². The van der Waals surface area contributed by atoms with Crippen LogP contribution in [0.4, 0.5) is 8.78 Å². The largest absolute Gasteiger partial charge is 0.330 e. The summed E-state index contributed by atoms with van der Waals surface area (Å²) in [4.78, 5) is 0. The fourth-order valence-corrected chi connectivity index (χ4v) is 2.56. The van der Waals surface area contributed by atoms with Gasteiger partial charge in [-0.1, -0.05) is 19.9 Å². The highest BCUT2D eigenvalue weighted by Gasteiger charge is 2.58. The molecule has 2 unspecified atom stereocenters. The SMILES string of the molecule is CC1(C)C(CN)C1c1c(F)cccc1F. The van der Waals surface area contributed by atoms with Crippen molar-refractivity contribution in [1.82, 2.24) is 0 Å². The second kappa shape index (κ2) is 3.27. The monoisotopic (exact) mass is 211 g/mol. The molecular formula is C12H15F2N. The van der Waals surface area contributed by atoms with Crippen molar-refractivity contribution in [2.45, 2.75) is 19.8 Å². The van der Waals surface area contributed by atoms with Gasteiger partial charge in [0, 0.05) is 5.56 Å². The van der Waals surface area contributed by atoms with Gasteiger partial charge < -0.3 is 5.73 Å². The van der Waals surface area contributed by atoms with E-state index < -0.39 is 11.6 Å². The Morgan fingerprint density at radius 3 is 2.20 bits per heavy atom. The first-order chi connectivity index (χ1) is 7.00. The van der Waals surface area contributed by atoms with Gasteiger partial charge in [0.05, 0.1) is 0 Å². The molecule has 3 heteroatoms. The predicted molar refractivity (Wildman–Crippen MR) is 55.4 cm³/mol. The molecule has 1 aromatic carbocycles. The van der Waals surface area contributed by atoms with Gasteiger partial charge in [-0.3, -0.25) is 0 Å². The first kappa shape index (κ1) is 10.6. The van der Waals surface area contributed by atoms with Gasteiger partial charge in [0.2, 0.25) is 0 Å². The Morgan fingerprint density at radius 1 is 1.27 bits per heavy atom. The maximum atomic E-state index is 13.5. The van der Waals surface area contributed by atoms with E-state index in [2.05, 4.69) is 0 Å². The number of halogens is 2. The van der Waals surface area contributed by atoms with E-state index in [1.54, 1.807) is 0 Å². The second-order valence-corrected chi connectivity index (χ2v) is 4.78. The van der Waals surface area contributed by atoms with Gasteiger partial charge in [0.25, 0.3) is 0 Å². The smallest absolute Gasteiger partial charge is 0.129 e. The molecule has 0 saturated heterocycles. The van der Waals surface area contributed by atoms with Gasteiger partial charge in [-0.15, -0.1) is 0 Å². The van der Waals surface area contributed by atoms with E-state index in [1.165, 1.54) is 18.2 Å². The third kappa shape index (κ3) is 1.46. The molecule has 2 N–H and O–H groups in total. The number of nitrogens with two attached hydrogens (primary N) is 1. The molecular weight excluding hydrogens is 196 g/mol. The molecule has 2 rings (SSSR count). The molecule has 1 saturated carbocycles. The molecule has 0 aliphatic heterocycles. The topological polar surface area (TPSA) is 26.0 Å². The van der Waals surface area contributed by atoms with E-state index >= 15 is 0 Å². The molecule has 1 aliphatic rings. The van der Waals surface area contributed by atoms with Gasteiger partial charge >= 0.3 is 0 Å². The highest BCUT2D eigenvalue weighted by atomic mass is 19.1. The third-order valence-corrected chi connectivity index (χ3v) is 3.62. The Kier molecular flexibility index (Phi) is 2.30. The van der Waals surface area contributed by atoms with Crippen LogP contribution < -0.4 is 5.73 Å². The van der Waals surface area contributed by atoms with Gasteiger partial charge in [0.15, 0.2) is 0 Å². The molecule has 0 radical (unpaired) electrons. The molecule has 15 heavy (non-hydrogen) atoms. The van der Waals surface area contributed by atoms with Crippen molar-refractivity contribution in [2.24, 2.45) is 17.1 Å². The van der Waals surface area contributed by atoms with Gasteiger partial charge in [-0.05, 0) is 35.9 Å². The average molecular weight is 211 g/mol. The van der Waals surface area contributed by atoms with Crippen molar-refractivity contribution in [3.05, 3.63) is 35.4 Å². The maximum Gasteiger partial charge on any atom is 0.129 e. The Labute approximate surface area is 88.3 Å². The van der Waals surface area contributed by atoms with Crippen molar-refractivity contribution >= 4 is 0 Å². The van der Waals surface area contributed by atoms with Crippen LogP contribution >= 0.6 is 0 Å². The number of benzene rings is 1. The Bertz CT molecular complexity index is 367. The summed E-state index contributed by atoms with van der Waals surface area (Å²) >= 11 is 0. The molecule has 82 valence electrons. The lowest BCUT2D eigenvalue weighted by Crippen LogP contribution is -2.05. The minimum Gasteiger partial charge on any atom is -0.330 e. The number of rotatable bonds is 2. The van der Waals surface area contributed by atoms with E-state index in [0.717, 1.165) is 0 Å². The first-order valence-electron chi connectivity index (χ1n) is 5.14. The Hall–Kier alpha value is -0.960. The summed E-state index contributed by atoms with van der Waals surface area (Å²) in [6.45, 7) is 4.48. The molecule has 0 aromatic heterocycles. The number of hydrogen-bond acceptors (Lipinski definition) is 1. The highest BCUT2D eigenvalue weighted by molar-refractivity contribution is 5.34. The fourth-order valence-electron chi connectivity index (χ4n) is 2.56. The van der Waals surface area contributed by atoms with E-state index in [-0.39, 0.29) is 22.8 Å². The summed E-state index contributed by atoms with van der Waals surface area (Å²) in [5.74, 6) is -0.805. The van der Waals surface area contributed by atoms with Crippen LogP contribution in [0, 0.1) is 23.0 Å². The van der Waals surface area contributed by atoms with Crippen LogP contribution in [0.3, 0.4) is 0 Å². The van der Waals surface area contributed by atoms with E-state index in [0.29, 0.717) is 6.54 Å². The van der Waals surface area contributed by atoms with Crippen LogP contribution in [-0.4, -0.2) is 6.54 Å². The lowest BCUT2D eigenvalue weighted by atomic mass is 10.0. The minimum absolute atomic E-state index is 0.0799. The standard InChI is InChI=1S/C12H15F2N/c1-12(2)7(6-15)11(12)10-8(13)4-3-5-9(10)14/h3-5,7,11H,6,15H2,1-2H3. The molecule has 1 nitrogen and oxygen atoms in total. The van der Waals surface area contributed by atoms with Crippen molar-refractivity contribution < 1.29 is 8.78 Å². The Morgan fingerprint density at radius 2 is 1.80 bits per heavy atom. The summed E-state index contributed by atoms with van der Waals surface area (Å²) in [7, 11) is 0. The zero-order valence-corrected chi connectivity index (χ0v) is 8.93. The lowest BCUT2D eigenvalue weighted by molar-refractivity contribution is 0.527. The first-order valence-corrected chi connectivity index (χ1v) is 5.14. The maximum absolute atomic E-state index is 13.5. The summed E-state index contributed by atoms with van der Waals surface area (Å²) in [6, 6.07) is 4.00. The van der Waals surface area contributed by atoms with Gasteiger partial charge in [0.1, 0.15) is 11.6 Å². The molecule has 0 spiro atoms. The molecule has 1 aromatic rings. The molecule has 0 heterocycles. The average Bonchev–Trinajstić information content (AvgIpc) is 2.68. The molecule has 1 aliphatic carbocycles. The Balaban J connectivity index is 2.41. The molecule has 1 fully saturated rings. The fraction of sp³-hybridized carbons (Fsp3) is 0.500. The van der Waals surface area contributed by atoms with Crippen molar-refractivity contribution in [2.75, 3.05) is 6.54 Å². The van der Waals surface area contributed by atoms with Crippen LogP contribution in [-0.2, 0) is 0 Å². The molecule has 0 bridgehead atoms. The number of hydrogen-bond donors (Lipinski definition) is 1. The summed E-state index contributed by atoms with van der Waals surface area (Å²) in [5, 5.41) is 0. The summed E-state index contributed by atoms with van der Waals surface area (Å²) < 4.78 is 27.0. The van der Waals surface area contributed by atoms with Crippen LogP contribution in [0.2, 0.25) is 0 Å². The normalized spacial score (nSPS) is 27.8. The molecule has 2 atom stereocenters. The minimum atomic E-state index is -0.455. The highest BCUT2D eigenvalue weighted by Crippen LogP contribution is 2.64.